The number of imidazole rings is 1. The first-order chi connectivity index (χ1) is 14.5. The number of ether oxygens (including phenoxy) is 2. The van der Waals surface area contributed by atoms with Crippen molar-refractivity contribution < 1.29 is 33.6 Å². The number of rotatable bonds is 8. The first kappa shape index (κ1) is 23.5. The first-order valence-corrected chi connectivity index (χ1v) is 11.0. The maximum atomic E-state index is 12.2. The van der Waals surface area contributed by atoms with Crippen LogP contribution in [0.4, 0.5) is 5.82 Å². The topological polar surface area (TPSA) is 184 Å². The van der Waals surface area contributed by atoms with Crippen LogP contribution in [0.15, 0.2) is 12.7 Å². The van der Waals surface area contributed by atoms with Gasteiger partial charge in [-0.3, -0.25) is 13.9 Å². The second kappa shape index (κ2) is 9.15. The Balaban J connectivity index is 1.65. The number of nitrogens with two attached hydrogens (primary N) is 1. The van der Waals surface area contributed by atoms with Crippen LogP contribution in [0.5, 0.6) is 0 Å². The highest BCUT2D eigenvalue weighted by Crippen LogP contribution is 2.40. The Kier molecular flexibility index (Phi) is 6.94. The minimum absolute atomic E-state index is 0.164. The minimum atomic E-state index is -2.86. The van der Waals surface area contributed by atoms with Gasteiger partial charge in [-0.2, -0.15) is 0 Å². The second-order valence-corrected chi connectivity index (χ2v) is 8.88. The van der Waals surface area contributed by atoms with Crippen molar-refractivity contribution >= 4 is 31.1 Å². The van der Waals surface area contributed by atoms with Gasteiger partial charge >= 0.3 is 5.97 Å². The van der Waals surface area contributed by atoms with Crippen molar-refractivity contribution in [2.75, 3.05) is 12.3 Å². The Labute approximate surface area is 178 Å². The summed E-state index contributed by atoms with van der Waals surface area (Å²) in [7, 11) is -2.86. The summed E-state index contributed by atoms with van der Waals surface area (Å²) in [6, 6.07) is -0.846. The largest absolute Gasteiger partial charge is 0.462 e. The highest BCUT2D eigenvalue weighted by molar-refractivity contribution is 7.36. The average molecular weight is 458 g/mol. The van der Waals surface area contributed by atoms with Crippen molar-refractivity contribution in [2.45, 2.75) is 63.9 Å². The lowest BCUT2D eigenvalue weighted by atomic mass is 9.96. The van der Waals surface area contributed by atoms with Gasteiger partial charge in [0.15, 0.2) is 17.7 Å². The van der Waals surface area contributed by atoms with E-state index in [9.17, 15) is 19.6 Å². The van der Waals surface area contributed by atoms with Crippen LogP contribution in [0.1, 0.15) is 33.9 Å². The molecule has 0 amide bonds. The van der Waals surface area contributed by atoms with E-state index in [1.807, 2.05) is 0 Å². The molecule has 0 saturated carbocycles. The Morgan fingerprint density at radius 1 is 1.42 bits per heavy atom. The zero-order chi connectivity index (χ0) is 22.9. The Hall–Kier alpha value is -2.15. The van der Waals surface area contributed by atoms with E-state index in [1.54, 1.807) is 13.8 Å². The Bertz CT molecular complexity index is 968. The summed E-state index contributed by atoms with van der Waals surface area (Å²) in [5.74, 6) is -0.401. The monoisotopic (exact) mass is 458 g/mol. The van der Waals surface area contributed by atoms with E-state index in [2.05, 4.69) is 20.0 Å². The third-order valence-corrected chi connectivity index (χ3v) is 5.91. The van der Waals surface area contributed by atoms with Crippen LogP contribution in [0.25, 0.3) is 11.2 Å². The number of carbonyl (C=O) groups is 1. The van der Waals surface area contributed by atoms with Crippen molar-refractivity contribution in [3.63, 3.8) is 0 Å². The SMILES string of the molecule is CC(C)OC(=O)[C@H](C)N[PH](=O)OC[C@H]1O[C@@H](n2cnc3c(N)ncnc32)[C@](C)(O)[C@@H]1O. The standard InChI is InChI=1S/C17H27N6O7P/c1-8(2)29-15(25)9(3)22-31(27)28-5-10-12(24)17(4,26)16(30-10)23-7-21-11-13(18)19-6-20-14(11)23/h6-10,12,16,24,26,31H,5H2,1-4H3,(H,22,27)(H2,18,19,20)/t9-,10+,12+,16+,17+/m0/s1. The molecular formula is C17H27N6O7P. The molecular weight excluding hydrogens is 431 g/mol. The van der Waals surface area contributed by atoms with E-state index in [4.69, 9.17) is 19.7 Å². The van der Waals surface area contributed by atoms with E-state index >= 15 is 0 Å². The van der Waals surface area contributed by atoms with Gasteiger partial charge in [-0.1, -0.05) is 0 Å². The molecule has 3 heterocycles. The number of nitrogens with one attached hydrogen (secondary N) is 1. The fourth-order valence-electron chi connectivity index (χ4n) is 3.19. The number of aliphatic hydroxyl groups is 2. The molecule has 0 aliphatic carbocycles. The number of anilines is 1. The smallest absolute Gasteiger partial charge is 0.323 e. The predicted octanol–water partition coefficient (Wildman–Crippen LogP) is -0.246. The quantitative estimate of drug-likeness (QED) is 0.301. The number of hydrogen-bond acceptors (Lipinski definition) is 11. The lowest BCUT2D eigenvalue weighted by molar-refractivity contribution is -0.149. The summed E-state index contributed by atoms with van der Waals surface area (Å²) in [6.45, 7) is 6.00. The summed E-state index contributed by atoms with van der Waals surface area (Å²) in [6.07, 6.45) is -1.12. The molecule has 6 atom stereocenters. The number of fused-ring (bicyclic) bond motifs is 1. The summed E-state index contributed by atoms with van der Waals surface area (Å²) in [5.41, 5.74) is 4.70. The normalized spacial score (nSPS) is 28.2. The number of nitrogens with zero attached hydrogens (tertiary/aromatic N) is 4. The minimum Gasteiger partial charge on any atom is -0.462 e. The van der Waals surface area contributed by atoms with Crippen molar-refractivity contribution in [3.8, 4) is 0 Å². The van der Waals surface area contributed by atoms with Crippen molar-refractivity contribution in [3.05, 3.63) is 12.7 Å². The Morgan fingerprint density at radius 2 is 2.13 bits per heavy atom. The van der Waals surface area contributed by atoms with E-state index in [0.717, 1.165) is 0 Å². The van der Waals surface area contributed by atoms with Crippen LogP contribution in [-0.2, 0) is 23.4 Å². The van der Waals surface area contributed by atoms with Crippen molar-refractivity contribution in [2.24, 2.45) is 0 Å². The van der Waals surface area contributed by atoms with Crippen molar-refractivity contribution in [1.82, 2.24) is 24.6 Å². The lowest BCUT2D eigenvalue weighted by Crippen LogP contribution is -2.44. The molecule has 0 bridgehead atoms. The number of esters is 1. The van der Waals surface area contributed by atoms with Gasteiger partial charge in [0.25, 0.3) is 8.18 Å². The van der Waals surface area contributed by atoms with E-state index in [-0.39, 0.29) is 18.5 Å². The molecule has 0 radical (unpaired) electrons. The van der Waals surface area contributed by atoms with Crippen LogP contribution in [0.2, 0.25) is 0 Å². The highest BCUT2D eigenvalue weighted by Gasteiger charge is 2.53. The third-order valence-electron chi connectivity index (χ3n) is 4.81. The Morgan fingerprint density at radius 3 is 2.81 bits per heavy atom. The second-order valence-electron chi connectivity index (χ2n) is 7.73. The van der Waals surface area contributed by atoms with E-state index in [0.29, 0.717) is 11.2 Å². The zero-order valence-corrected chi connectivity index (χ0v) is 18.6. The van der Waals surface area contributed by atoms with Gasteiger partial charge in [0.1, 0.15) is 35.7 Å². The third kappa shape index (κ3) is 4.86. The van der Waals surface area contributed by atoms with Crippen LogP contribution >= 0.6 is 8.18 Å². The molecule has 1 aliphatic heterocycles. The average Bonchev–Trinajstić information content (AvgIpc) is 3.20. The summed E-state index contributed by atoms with van der Waals surface area (Å²) < 4.78 is 29.7. The van der Waals surface area contributed by atoms with Gasteiger partial charge in [-0.05, 0) is 27.7 Å². The van der Waals surface area contributed by atoms with Crippen LogP contribution < -0.4 is 10.8 Å². The number of aliphatic hydroxyl groups excluding tert-OH is 1. The molecule has 13 nitrogen and oxygen atoms in total. The van der Waals surface area contributed by atoms with Crippen LogP contribution in [0, 0.1) is 0 Å². The van der Waals surface area contributed by atoms with Crippen LogP contribution in [-0.4, -0.2) is 72.3 Å². The first-order valence-electron chi connectivity index (χ1n) is 9.65. The molecule has 1 unspecified atom stereocenters. The number of carbonyl (C=O) groups excluding carboxylic acids is 1. The molecule has 1 aliphatic rings. The molecule has 2 aromatic rings. The summed E-state index contributed by atoms with van der Waals surface area (Å²) in [5, 5.41) is 23.9. The summed E-state index contributed by atoms with van der Waals surface area (Å²) in [4.78, 5) is 23.9. The van der Waals surface area contributed by atoms with E-state index in [1.165, 1.54) is 31.1 Å². The molecule has 0 aromatic carbocycles. The molecule has 1 fully saturated rings. The van der Waals surface area contributed by atoms with Gasteiger partial charge in [0.05, 0.1) is 19.0 Å². The fraction of sp³-hybridized carbons (Fsp3) is 0.647. The van der Waals surface area contributed by atoms with Gasteiger partial charge in [0.2, 0.25) is 0 Å². The molecule has 14 heteroatoms. The van der Waals surface area contributed by atoms with Gasteiger partial charge in [-0.25, -0.2) is 20.0 Å². The number of aromatic nitrogens is 4. The maximum absolute atomic E-state index is 12.2. The van der Waals surface area contributed by atoms with Crippen molar-refractivity contribution in [1.29, 1.82) is 0 Å². The predicted molar refractivity (Wildman–Crippen MR) is 109 cm³/mol. The number of nitrogen functional groups attached to an aromatic ring is 1. The maximum Gasteiger partial charge on any atom is 0.323 e. The molecule has 5 N–H and O–H groups in total. The summed E-state index contributed by atoms with van der Waals surface area (Å²) >= 11 is 0. The highest BCUT2D eigenvalue weighted by atomic mass is 31.1. The molecule has 0 spiro atoms. The molecule has 172 valence electrons. The molecule has 3 rings (SSSR count). The fourth-order valence-corrected chi connectivity index (χ4v) is 4.06. The molecule has 31 heavy (non-hydrogen) atoms. The van der Waals surface area contributed by atoms with Gasteiger partial charge in [0, 0.05) is 0 Å². The van der Waals surface area contributed by atoms with E-state index < -0.39 is 44.2 Å². The van der Waals surface area contributed by atoms with Gasteiger partial charge < -0.3 is 29.9 Å². The number of hydrogen-bond donors (Lipinski definition) is 4. The zero-order valence-electron chi connectivity index (χ0n) is 17.6. The molecule has 1 saturated heterocycles. The lowest BCUT2D eigenvalue weighted by Gasteiger charge is -2.27. The molecule has 2 aromatic heterocycles. The van der Waals surface area contributed by atoms with Crippen LogP contribution in [0.3, 0.4) is 0 Å². The van der Waals surface area contributed by atoms with Gasteiger partial charge in [-0.15, -0.1) is 0 Å².